The molecule has 0 aliphatic heterocycles. The summed E-state index contributed by atoms with van der Waals surface area (Å²) in [5.74, 6) is 0.924. The van der Waals surface area contributed by atoms with E-state index in [1.807, 2.05) is 6.07 Å². The lowest BCUT2D eigenvalue weighted by molar-refractivity contribution is 0.983. The number of hydrogen-bond donors (Lipinski definition) is 1. The molecule has 2 aromatic heterocycles. The number of rotatable bonds is 2. The van der Waals surface area contributed by atoms with Crippen molar-refractivity contribution in [2.45, 2.75) is 6.42 Å². The van der Waals surface area contributed by atoms with Gasteiger partial charge in [-0.2, -0.15) is 0 Å². The van der Waals surface area contributed by atoms with Crippen LogP contribution in [0.25, 0.3) is 0 Å². The summed E-state index contributed by atoms with van der Waals surface area (Å²) in [7, 11) is 0. The molecule has 0 aromatic carbocycles. The summed E-state index contributed by atoms with van der Waals surface area (Å²) in [6.07, 6.45) is 2.46. The molecule has 0 saturated heterocycles. The molecule has 0 unspecified atom stereocenters. The molecule has 0 aliphatic rings. The molecular formula is C7H7N3S. The first-order chi connectivity index (χ1) is 5.45. The van der Waals surface area contributed by atoms with E-state index in [4.69, 9.17) is 0 Å². The van der Waals surface area contributed by atoms with Gasteiger partial charge in [0, 0.05) is 11.3 Å². The first kappa shape index (κ1) is 6.54. The zero-order valence-corrected chi connectivity index (χ0v) is 6.64. The van der Waals surface area contributed by atoms with E-state index in [1.165, 1.54) is 4.88 Å². The van der Waals surface area contributed by atoms with Crippen LogP contribution in [-0.4, -0.2) is 15.2 Å². The summed E-state index contributed by atoms with van der Waals surface area (Å²) in [6, 6.07) is 4.13. The van der Waals surface area contributed by atoms with Crippen LogP contribution in [0.5, 0.6) is 0 Å². The van der Waals surface area contributed by atoms with E-state index in [1.54, 1.807) is 17.7 Å². The van der Waals surface area contributed by atoms with E-state index in [0.717, 1.165) is 12.2 Å². The van der Waals surface area contributed by atoms with E-state index in [0.29, 0.717) is 0 Å². The first-order valence-corrected chi connectivity index (χ1v) is 4.20. The van der Waals surface area contributed by atoms with Gasteiger partial charge in [0.1, 0.15) is 12.2 Å². The van der Waals surface area contributed by atoms with Crippen molar-refractivity contribution < 1.29 is 0 Å². The Kier molecular flexibility index (Phi) is 1.69. The molecule has 1 N–H and O–H groups in total. The van der Waals surface area contributed by atoms with Gasteiger partial charge < -0.3 is 4.98 Å². The molecule has 4 heteroatoms. The molecule has 2 rings (SSSR count). The smallest absolute Gasteiger partial charge is 0.135 e. The van der Waals surface area contributed by atoms with Crippen LogP contribution >= 0.6 is 11.3 Å². The summed E-state index contributed by atoms with van der Waals surface area (Å²) < 4.78 is 0. The molecule has 0 aliphatic carbocycles. The number of thiophene rings is 1. The molecule has 56 valence electrons. The Bertz CT molecular complexity index is 266. The number of aromatic nitrogens is 3. The fraction of sp³-hybridized carbons (Fsp3) is 0.143. The van der Waals surface area contributed by atoms with Gasteiger partial charge in [-0.05, 0) is 11.4 Å². The number of nitrogens with zero attached hydrogens (tertiary/aromatic N) is 2. The third-order valence-electron chi connectivity index (χ3n) is 1.39. The van der Waals surface area contributed by atoms with Crippen LogP contribution in [0.2, 0.25) is 0 Å². The maximum absolute atomic E-state index is 3.89. The van der Waals surface area contributed by atoms with Crippen LogP contribution in [-0.2, 0) is 6.42 Å². The van der Waals surface area contributed by atoms with Gasteiger partial charge in [0.15, 0.2) is 0 Å². The Labute approximate surface area is 68.1 Å². The lowest BCUT2D eigenvalue weighted by Gasteiger charge is -1.88. The monoisotopic (exact) mass is 165 g/mol. The molecule has 2 heterocycles. The zero-order chi connectivity index (χ0) is 7.52. The van der Waals surface area contributed by atoms with Crippen molar-refractivity contribution in [1.82, 2.24) is 15.2 Å². The number of H-pyrrole nitrogens is 1. The second-order valence-corrected chi connectivity index (χ2v) is 3.22. The second-order valence-electron chi connectivity index (χ2n) is 2.19. The first-order valence-electron chi connectivity index (χ1n) is 3.32. The molecule has 0 amide bonds. The van der Waals surface area contributed by atoms with Crippen LogP contribution in [0.1, 0.15) is 10.7 Å². The van der Waals surface area contributed by atoms with Crippen molar-refractivity contribution in [1.29, 1.82) is 0 Å². The quantitative estimate of drug-likeness (QED) is 0.731. The minimum absolute atomic E-state index is 0.859. The number of nitrogens with one attached hydrogen (secondary N) is 1. The van der Waals surface area contributed by atoms with Gasteiger partial charge in [-0.3, -0.25) is 0 Å². The molecule has 3 nitrogen and oxygen atoms in total. The zero-order valence-electron chi connectivity index (χ0n) is 5.82. The van der Waals surface area contributed by atoms with Gasteiger partial charge in [0.2, 0.25) is 0 Å². The maximum Gasteiger partial charge on any atom is 0.135 e. The summed E-state index contributed by atoms with van der Waals surface area (Å²) in [5.41, 5.74) is 0. The summed E-state index contributed by atoms with van der Waals surface area (Å²) in [6.45, 7) is 0. The van der Waals surface area contributed by atoms with Gasteiger partial charge in [0.05, 0.1) is 0 Å². The Balaban J connectivity index is 2.14. The van der Waals surface area contributed by atoms with Crippen LogP contribution in [0.4, 0.5) is 0 Å². The molecular weight excluding hydrogens is 158 g/mol. The highest BCUT2D eigenvalue weighted by atomic mass is 32.1. The van der Waals surface area contributed by atoms with Crippen molar-refractivity contribution in [2.75, 3.05) is 0 Å². The fourth-order valence-electron chi connectivity index (χ4n) is 0.895. The van der Waals surface area contributed by atoms with Crippen molar-refractivity contribution in [3.8, 4) is 0 Å². The minimum Gasteiger partial charge on any atom is -0.331 e. The lowest BCUT2D eigenvalue weighted by atomic mass is 10.3. The topological polar surface area (TPSA) is 41.6 Å². The SMILES string of the molecule is c1csc(Cc2nnc[nH]2)c1. The van der Waals surface area contributed by atoms with Crippen molar-refractivity contribution >= 4 is 11.3 Å². The highest BCUT2D eigenvalue weighted by molar-refractivity contribution is 7.09. The standard InChI is InChI=1S/C7H7N3S/c1-2-6(11-3-1)4-7-8-5-9-10-7/h1-3,5H,4H2,(H,8,9,10). The Morgan fingerprint density at radius 2 is 2.55 bits per heavy atom. The molecule has 11 heavy (non-hydrogen) atoms. The van der Waals surface area contributed by atoms with Gasteiger partial charge in [-0.1, -0.05) is 6.07 Å². The normalized spacial score (nSPS) is 10.2. The van der Waals surface area contributed by atoms with Gasteiger partial charge in [0.25, 0.3) is 0 Å². The highest BCUT2D eigenvalue weighted by Crippen LogP contribution is 2.11. The molecule has 0 radical (unpaired) electrons. The van der Waals surface area contributed by atoms with Crippen LogP contribution in [0, 0.1) is 0 Å². The van der Waals surface area contributed by atoms with Crippen molar-refractivity contribution in [3.05, 3.63) is 34.5 Å². The Morgan fingerprint density at radius 3 is 3.18 bits per heavy atom. The van der Waals surface area contributed by atoms with E-state index in [9.17, 15) is 0 Å². The Morgan fingerprint density at radius 1 is 1.55 bits per heavy atom. The summed E-state index contributed by atoms with van der Waals surface area (Å²) >= 11 is 1.73. The average molecular weight is 165 g/mol. The maximum atomic E-state index is 3.89. The lowest BCUT2D eigenvalue weighted by Crippen LogP contribution is -1.86. The third-order valence-corrected chi connectivity index (χ3v) is 2.27. The second kappa shape index (κ2) is 2.84. The van der Waals surface area contributed by atoms with Crippen molar-refractivity contribution in [3.63, 3.8) is 0 Å². The van der Waals surface area contributed by atoms with Crippen LogP contribution < -0.4 is 0 Å². The van der Waals surface area contributed by atoms with Crippen LogP contribution in [0.3, 0.4) is 0 Å². The number of hydrogen-bond acceptors (Lipinski definition) is 3. The van der Waals surface area contributed by atoms with E-state index >= 15 is 0 Å². The van der Waals surface area contributed by atoms with E-state index in [2.05, 4.69) is 26.6 Å². The van der Waals surface area contributed by atoms with Gasteiger partial charge >= 0.3 is 0 Å². The molecule has 2 aromatic rings. The largest absolute Gasteiger partial charge is 0.331 e. The van der Waals surface area contributed by atoms with E-state index < -0.39 is 0 Å². The average Bonchev–Trinajstić information content (AvgIpc) is 2.60. The molecule has 0 saturated carbocycles. The number of aromatic amines is 1. The summed E-state index contributed by atoms with van der Waals surface area (Å²) in [4.78, 5) is 4.27. The predicted molar refractivity (Wildman–Crippen MR) is 43.5 cm³/mol. The van der Waals surface area contributed by atoms with E-state index in [-0.39, 0.29) is 0 Å². The Hall–Kier alpha value is -1.16. The molecule has 0 spiro atoms. The molecule has 0 fully saturated rings. The summed E-state index contributed by atoms with van der Waals surface area (Å²) in [5, 5.41) is 9.66. The van der Waals surface area contributed by atoms with Crippen molar-refractivity contribution in [2.24, 2.45) is 0 Å². The van der Waals surface area contributed by atoms with Crippen LogP contribution in [0.15, 0.2) is 23.8 Å². The van der Waals surface area contributed by atoms with Gasteiger partial charge in [-0.25, -0.2) is 0 Å². The molecule has 0 atom stereocenters. The minimum atomic E-state index is 0.859. The predicted octanol–water partition coefficient (Wildman–Crippen LogP) is 1.46. The van der Waals surface area contributed by atoms with Gasteiger partial charge in [-0.15, -0.1) is 21.5 Å². The third kappa shape index (κ3) is 1.46. The highest BCUT2D eigenvalue weighted by Gasteiger charge is 1.97. The fourth-order valence-corrected chi connectivity index (χ4v) is 1.60. The molecule has 0 bridgehead atoms.